The molecule has 1 amide bonds. The molecule has 2 rings (SSSR count). The summed E-state index contributed by atoms with van der Waals surface area (Å²) in [5.74, 6) is 0.904. The fraction of sp³-hybridized carbons (Fsp3) is 0.733. The molecule has 0 aliphatic carbocycles. The van der Waals surface area contributed by atoms with Gasteiger partial charge in [-0.3, -0.25) is 9.78 Å². The van der Waals surface area contributed by atoms with Crippen LogP contribution < -0.4 is 5.32 Å². The SMILES string of the molecule is CC(C)CN1CCC(NC(=O)CCc2cncs2)CC1. The first kappa shape index (κ1) is 15.4. The number of hydrogen-bond acceptors (Lipinski definition) is 4. The summed E-state index contributed by atoms with van der Waals surface area (Å²) >= 11 is 1.62. The fourth-order valence-electron chi connectivity index (χ4n) is 2.68. The van der Waals surface area contributed by atoms with Gasteiger partial charge in [0.1, 0.15) is 0 Å². The quantitative estimate of drug-likeness (QED) is 0.876. The van der Waals surface area contributed by atoms with Crippen molar-refractivity contribution in [1.29, 1.82) is 0 Å². The molecular formula is C15H25N3OS. The third kappa shape index (κ3) is 5.21. The average Bonchev–Trinajstić information content (AvgIpc) is 2.91. The van der Waals surface area contributed by atoms with Gasteiger partial charge in [-0.2, -0.15) is 0 Å². The van der Waals surface area contributed by atoms with Crippen LogP contribution in [0.4, 0.5) is 0 Å². The summed E-state index contributed by atoms with van der Waals surface area (Å²) < 4.78 is 0. The van der Waals surface area contributed by atoms with E-state index in [1.807, 2.05) is 11.7 Å². The van der Waals surface area contributed by atoms with Crippen molar-refractivity contribution in [1.82, 2.24) is 15.2 Å². The van der Waals surface area contributed by atoms with Crippen molar-refractivity contribution in [2.75, 3.05) is 19.6 Å². The number of carbonyl (C=O) groups is 1. The Morgan fingerprint density at radius 3 is 2.85 bits per heavy atom. The van der Waals surface area contributed by atoms with Crippen molar-refractivity contribution in [3.63, 3.8) is 0 Å². The Balaban J connectivity index is 1.63. The molecule has 0 atom stereocenters. The monoisotopic (exact) mass is 295 g/mol. The second-order valence-corrected chi connectivity index (χ2v) is 6.97. The average molecular weight is 295 g/mol. The van der Waals surface area contributed by atoms with E-state index in [9.17, 15) is 4.79 Å². The number of aromatic nitrogens is 1. The van der Waals surface area contributed by atoms with Gasteiger partial charge in [-0.05, 0) is 25.2 Å². The Kier molecular flexibility index (Phi) is 5.98. The van der Waals surface area contributed by atoms with Crippen molar-refractivity contribution in [2.45, 2.75) is 45.6 Å². The van der Waals surface area contributed by atoms with Gasteiger partial charge < -0.3 is 10.2 Å². The summed E-state index contributed by atoms with van der Waals surface area (Å²) in [4.78, 5) is 19.6. The number of amides is 1. The molecule has 1 aliphatic rings. The predicted molar refractivity (Wildman–Crippen MR) is 82.9 cm³/mol. The van der Waals surface area contributed by atoms with E-state index in [1.54, 1.807) is 11.3 Å². The lowest BCUT2D eigenvalue weighted by atomic mass is 10.0. The molecule has 0 aromatic carbocycles. The Labute approximate surface area is 125 Å². The minimum absolute atomic E-state index is 0.181. The van der Waals surface area contributed by atoms with E-state index in [4.69, 9.17) is 0 Å². The van der Waals surface area contributed by atoms with Gasteiger partial charge in [0, 0.05) is 43.2 Å². The largest absolute Gasteiger partial charge is 0.353 e. The normalized spacial score (nSPS) is 17.6. The zero-order chi connectivity index (χ0) is 14.4. The molecule has 0 spiro atoms. The highest BCUT2D eigenvalue weighted by atomic mass is 32.1. The van der Waals surface area contributed by atoms with Gasteiger partial charge in [0.15, 0.2) is 0 Å². The first-order valence-electron chi connectivity index (χ1n) is 7.52. The molecule has 1 saturated heterocycles. The van der Waals surface area contributed by atoms with Gasteiger partial charge in [-0.15, -0.1) is 11.3 Å². The highest BCUT2D eigenvalue weighted by Crippen LogP contribution is 2.13. The van der Waals surface area contributed by atoms with Crippen LogP contribution in [0.5, 0.6) is 0 Å². The number of piperidine rings is 1. The number of nitrogens with zero attached hydrogens (tertiary/aromatic N) is 2. The van der Waals surface area contributed by atoms with Crippen LogP contribution in [0.2, 0.25) is 0 Å². The van der Waals surface area contributed by atoms with Crippen LogP contribution in [-0.4, -0.2) is 41.5 Å². The number of nitrogens with one attached hydrogen (secondary N) is 1. The van der Waals surface area contributed by atoms with Gasteiger partial charge in [0.05, 0.1) is 5.51 Å². The standard InChI is InChI=1S/C15H25N3OS/c1-12(2)10-18-7-5-13(6-8-18)17-15(19)4-3-14-9-16-11-20-14/h9,11-13H,3-8,10H2,1-2H3,(H,17,19). The maximum Gasteiger partial charge on any atom is 0.220 e. The van der Waals surface area contributed by atoms with E-state index in [1.165, 1.54) is 11.4 Å². The minimum atomic E-state index is 0.181. The minimum Gasteiger partial charge on any atom is -0.353 e. The lowest BCUT2D eigenvalue weighted by molar-refractivity contribution is -0.122. The van der Waals surface area contributed by atoms with E-state index in [0.717, 1.165) is 38.3 Å². The molecule has 0 unspecified atom stereocenters. The summed E-state index contributed by atoms with van der Waals surface area (Å²) in [6.45, 7) is 7.91. The first-order chi connectivity index (χ1) is 9.63. The molecule has 0 saturated carbocycles. The molecule has 2 heterocycles. The fourth-order valence-corrected chi connectivity index (χ4v) is 3.28. The summed E-state index contributed by atoms with van der Waals surface area (Å²) in [5, 5.41) is 3.17. The highest BCUT2D eigenvalue weighted by molar-refractivity contribution is 7.09. The lowest BCUT2D eigenvalue weighted by Crippen LogP contribution is -2.45. The smallest absolute Gasteiger partial charge is 0.220 e. The van der Waals surface area contributed by atoms with Crippen molar-refractivity contribution in [3.05, 3.63) is 16.6 Å². The Bertz CT molecular complexity index is 397. The molecule has 4 nitrogen and oxygen atoms in total. The summed E-state index contributed by atoms with van der Waals surface area (Å²) in [6.07, 6.45) is 5.40. The number of hydrogen-bond donors (Lipinski definition) is 1. The van der Waals surface area contributed by atoms with Crippen LogP contribution in [0, 0.1) is 5.92 Å². The van der Waals surface area contributed by atoms with Crippen molar-refractivity contribution in [3.8, 4) is 0 Å². The van der Waals surface area contributed by atoms with Gasteiger partial charge in [-0.25, -0.2) is 0 Å². The second kappa shape index (κ2) is 7.74. The van der Waals surface area contributed by atoms with E-state index in [2.05, 4.69) is 29.0 Å². The van der Waals surface area contributed by atoms with Crippen LogP contribution in [0.25, 0.3) is 0 Å². The van der Waals surface area contributed by atoms with Crippen molar-refractivity contribution < 1.29 is 4.79 Å². The zero-order valence-electron chi connectivity index (χ0n) is 12.5. The number of aryl methyl sites for hydroxylation is 1. The molecule has 20 heavy (non-hydrogen) atoms. The number of rotatable bonds is 6. The maximum atomic E-state index is 11.9. The first-order valence-corrected chi connectivity index (χ1v) is 8.40. The Morgan fingerprint density at radius 2 is 2.25 bits per heavy atom. The second-order valence-electron chi connectivity index (χ2n) is 6.00. The molecule has 1 N–H and O–H groups in total. The zero-order valence-corrected chi connectivity index (χ0v) is 13.3. The predicted octanol–water partition coefficient (Wildman–Crippen LogP) is 2.31. The lowest BCUT2D eigenvalue weighted by Gasteiger charge is -2.33. The third-order valence-corrected chi connectivity index (χ3v) is 4.50. The van der Waals surface area contributed by atoms with E-state index in [-0.39, 0.29) is 5.91 Å². The molecule has 5 heteroatoms. The molecule has 0 bridgehead atoms. The van der Waals surface area contributed by atoms with E-state index < -0.39 is 0 Å². The van der Waals surface area contributed by atoms with Crippen LogP contribution in [-0.2, 0) is 11.2 Å². The Hall–Kier alpha value is -0.940. The summed E-state index contributed by atoms with van der Waals surface area (Å²) in [5.41, 5.74) is 1.82. The number of likely N-dealkylation sites (tertiary alicyclic amines) is 1. The van der Waals surface area contributed by atoms with Gasteiger partial charge in [-0.1, -0.05) is 13.8 Å². The maximum absolute atomic E-state index is 11.9. The Morgan fingerprint density at radius 1 is 1.50 bits per heavy atom. The molecule has 1 fully saturated rings. The van der Waals surface area contributed by atoms with Gasteiger partial charge in [0.25, 0.3) is 0 Å². The van der Waals surface area contributed by atoms with Crippen LogP contribution >= 0.6 is 11.3 Å². The molecular weight excluding hydrogens is 270 g/mol. The highest BCUT2D eigenvalue weighted by Gasteiger charge is 2.20. The molecule has 1 aromatic rings. The summed E-state index contributed by atoms with van der Waals surface area (Å²) in [6, 6.07) is 0.368. The van der Waals surface area contributed by atoms with Crippen molar-refractivity contribution in [2.24, 2.45) is 5.92 Å². The third-order valence-electron chi connectivity index (χ3n) is 3.66. The van der Waals surface area contributed by atoms with Crippen LogP contribution in [0.15, 0.2) is 11.7 Å². The van der Waals surface area contributed by atoms with E-state index >= 15 is 0 Å². The number of carbonyl (C=O) groups excluding carboxylic acids is 1. The molecule has 112 valence electrons. The van der Waals surface area contributed by atoms with Gasteiger partial charge in [0.2, 0.25) is 5.91 Å². The number of thiazole rings is 1. The molecule has 1 aromatic heterocycles. The molecule has 0 radical (unpaired) electrons. The summed E-state index contributed by atoms with van der Waals surface area (Å²) in [7, 11) is 0. The van der Waals surface area contributed by atoms with E-state index in [0.29, 0.717) is 12.5 Å². The topological polar surface area (TPSA) is 45.2 Å². The van der Waals surface area contributed by atoms with Crippen molar-refractivity contribution >= 4 is 17.2 Å². The van der Waals surface area contributed by atoms with Gasteiger partial charge >= 0.3 is 0 Å². The molecule has 1 aliphatic heterocycles. The van der Waals surface area contributed by atoms with Crippen LogP contribution in [0.3, 0.4) is 0 Å². The van der Waals surface area contributed by atoms with Crippen LogP contribution in [0.1, 0.15) is 38.0 Å².